The average molecular weight is 224 g/mol. The van der Waals surface area contributed by atoms with Crippen LogP contribution >= 0.6 is 0 Å². The van der Waals surface area contributed by atoms with Crippen LogP contribution in [0, 0.1) is 5.82 Å². The van der Waals surface area contributed by atoms with Crippen LogP contribution in [-0.2, 0) is 4.74 Å². The summed E-state index contributed by atoms with van der Waals surface area (Å²) < 4.78 is 18.7. The summed E-state index contributed by atoms with van der Waals surface area (Å²) >= 11 is 0. The number of rotatable bonds is 3. The number of likely N-dealkylation sites (N-methyl/N-ethyl adjacent to an activating group) is 1. The van der Waals surface area contributed by atoms with E-state index in [1.165, 1.54) is 6.07 Å². The van der Waals surface area contributed by atoms with Crippen molar-refractivity contribution in [1.29, 1.82) is 0 Å². The first-order chi connectivity index (χ1) is 7.79. The van der Waals surface area contributed by atoms with E-state index in [1.807, 2.05) is 13.1 Å². The van der Waals surface area contributed by atoms with Gasteiger partial charge in [-0.25, -0.2) is 4.39 Å². The molecule has 3 nitrogen and oxygen atoms in total. The predicted molar refractivity (Wildman–Crippen MR) is 62.3 cm³/mol. The van der Waals surface area contributed by atoms with Gasteiger partial charge in [0.15, 0.2) is 0 Å². The zero-order chi connectivity index (χ0) is 11.4. The standard InChI is InChI=1S/C12H17FN2O/c1-14-8-12-9-15(5-6-16-12)11-4-2-3-10(13)7-11/h2-4,7,12,14H,5-6,8-9H2,1H3. The Morgan fingerprint density at radius 2 is 2.44 bits per heavy atom. The summed E-state index contributed by atoms with van der Waals surface area (Å²) in [5, 5.41) is 3.10. The lowest BCUT2D eigenvalue weighted by molar-refractivity contribution is 0.0421. The van der Waals surface area contributed by atoms with Crippen LogP contribution in [0.2, 0.25) is 0 Å². The quantitative estimate of drug-likeness (QED) is 0.836. The number of ether oxygens (including phenoxy) is 1. The van der Waals surface area contributed by atoms with Gasteiger partial charge in [-0.1, -0.05) is 6.07 Å². The van der Waals surface area contributed by atoms with Crippen LogP contribution < -0.4 is 10.2 Å². The molecule has 16 heavy (non-hydrogen) atoms. The second kappa shape index (κ2) is 5.27. The van der Waals surface area contributed by atoms with Crippen molar-refractivity contribution >= 4 is 5.69 Å². The van der Waals surface area contributed by atoms with Gasteiger partial charge in [-0.15, -0.1) is 0 Å². The second-order valence-corrected chi connectivity index (χ2v) is 3.98. The summed E-state index contributed by atoms with van der Waals surface area (Å²) in [6.45, 7) is 3.16. The molecule has 1 aliphatic heterocycles. The van der Waals surface area contributed by atoms with E-state index in [1.54, 1.807) is 12.1 Å². The van der Waals surface area contributed by atoms with Crippen LogP contribution in [0.4, 0.5) is 10.1 Å². The van der Waals surface area contributed by atoms with Gasteiger partial charge in [0, 0.05) is 25.3 Å². The maximum atomic E-state index is 13.1. The van der Waals surface area contributed by atoms with Crippen molar-refractivity contribution in [2.45, 2.75) is 6.10 Å². The smallest absolute Gasteiger partial charge is 0.125 e. The first-order valence-electron chi connectivity index (χ1n) is 5.56. The number of benzene rings is 1. The molecule has 0 spiro atoms. The van der Waals surface area contributed by atoms with Crippen molar-refractivity contribution in [3.05, 3.63) is 30.1 Å². The SMILES string of the molecule is CNCC1CN(c2cccc(F)c2)CCO1. The van der Waals surface area contributed by atoms with Crippen LogP contribution in [0.3, 0.4) is 0 Å². The molecule has 88 valence electrons. The molecule has 1 aromatic rings. The van der Waals surface area contributed by atoms with Gasteiger partial charge in [0.2, 0.25) is 0 Å². The number of anilines is 1. The number of nitrogens with one attached hydrogen (secondary N) is 1. The normalized spacial score (nSPS) is 21.1. The number of morpholine rings is 1. The van der Waals surface area contributed by atoms with E-state index in [2.05, 4.69) is 10.2 Å². The highest BCUT2D eigenvalue weighted by Gasteiger charge is 2.20. The lowest BCUT2D eigenvalue weighted by atomic mass is 10.2. The highest BCUT2D eigenvalue weighted by Crippen LogP contribution is 2.18. The molecular formula is C12H17FN2O. The molecule has 1 aromatic carbocycles. The fourth-order valence-electron chi connectivity index (χ4n) is 1.98. The Labute approximate surface area is 95.2 Å². The third kappa shape index (κ3) is 2.71. The Morgan fingerprint density at radius 1 is 1.56 bits per heavy atom. The zero-order valence-electron chi connectivity index (χ0n) is 9.45. The molecule has 0 aliphatic carbocycles. The summed E-state index contributed by atoms with van der Waals surface area (Å²) in [5.74, 6) is -0.186. The minimum atomic E-state index is -0.186. The predicted octanol–water partition coefficient (Wildman–Crippen LogP) is 1.25. The lowest BCUT2D eigenvalue weighted by Gasteiger charge is -2.34. The molecule has 0 bridgehead atoms. The first-order valence-corrected chi connectivity index (χ1v) is 5.56. The highest BCUT2D eigenvalue weighted by molar-refractivity contribution is 5.46. The summed E-state index contributed by atoms with van der Waals surface area (Å²) in [4.78, 5) is 2.16. The third-order valence-electron chi connectivity index (χ3n) is 2.74. The second-order valence-electron chi connectivity index (χ2n) is 3.98. The van der Waals surface area contributed by atoms with Crippen LogP contribution in [0.5, 0.6) is 0 Å². The van der Waals surface area contributed by atoms with Crippen LogP contribution in [-0.4, -0.2) is 39.4 Å². The summed E-state index contributed by atoms with van der Waals surface area (Å²) in [6, 6.07) is 6.72. The van der Waals surface area contributed by atoms with Gasteiger partial charge in [-0.3, -0.25) is 0 Å². The highest BCUT2D eigenvalue weighted by atomic mass is 19.1. The molecule has 1 saturated heterocycles. The number of hydrogen-bond acceptors (Lipinski definition) is 3. The van der Waals surface area contributed by atoms with Gasteiger partial charge < -0.3 is 15.0 Å². The monoisotopic (exact) mass is 224 g/mol. The summed E-state index contributed by atoms with van der Waals surface area (Å²) in [5.41, 5.74) is 0.935. The Balaban J connectivity index is 2.03. The topological polar surface area (TPSA) is 24.5 Å². The molecule has 1 aliphatic rings. The Morgan fingerprint density at radius 3 is 3.19 bits per heavy atom. The van der Waals surface area contributed by atoms with Crippen LogP contribution in [0.1, 0.15) is 0 Å². The molecular weight excluding hydrogens is 207 g/mol. The summed E-state index contributed by atoms with van der Waals surface area (Å²) in [7, 11) is 1.91. The number of hydrogen-bond donors (Lipinski definition) is 1. The maximum absolute atomic E-state index is 13.1. The van der Waals surface area contributed by atoms with Gasteiger partial charge in [-0.05, 0) is 25.2 Å². The van der Waals surface area contributed by atoms with E-state index in [-0.39, 0.29) is 11.9 Å². The molecule has 1 heterocycles. The van der Waals surface area contributed by atoms with E-state index < -0.39 is 0 Å². The first kappa shape index (κ1) is 11.4. The van der Waals surface area contributed by atoms with Crippen molar-refractivity contribution in [3.8, 4) is 0 Å². The van der Waals surface area contributed by atoms with E-state index >= 15 is 0 Å². The average Bonchev–Trinajstić information content (AvgIpc) is 2.30. The zero-order valence-corrected chi connectivity index (χ0v) is 9.45. The van der Waals surface area contributed by atoms with Gasteiger partial charge >= 0.3 is 0 Å². The van der Waals surface area contributed by atoms with Gasteiger partial charge in [0.25, 0.3) is 0 Å². The fraction of sp³-hybridized carbons (Fsp3) is 0.500. The minimum Gasteiger partial charge on any atom is -0.373 e. The molecule has 4 heteroatoms. The van der Waals surface area contributed by atoms with Crippen molar-refractivity contribution in [2.75, 3.05) is 38.2 Å². The Hall–Kier alpha value is -1.13. The van der Waals surface area contributed by atoms with E-state index in [0.717, 1.165) is 25.3 Å². The summed E-state index contributed by atoms with van der Waals surface area (Å²) in [6.07, 6.45) is 0.182. The number of halogens is 1. The fourth-order valence-corrected chi connectivity index (χ4v) is 1.98. The molecule has 1 fully saturated rings. The molecule has 1 atom stereocenters. The maximum Gasteiger partial charge on any atom is 0.125 e. The Bertz CT molecular complexity index is 344. The van der Waals surface area contributed by atoms with Crippen LogP contribution in [0.15, 0.2) is 24.3 Å². The molecule has 2 rings (SSSR count). The van der Waals surface area contributed by atoms with Crippen molar-refractivity contribution < 1.29 is 9.13 Å². The molecule has 0 aromatic heterocycles. The molecule has 0 radical (unpaired) electrons. The van der Waals surface area contributed by atoms with E-state index in [0.29, 0.717) is 6.61 Å². The number of nitrogens with zero attached hydrogens (tertiary/aromatic N) is 1. The Kier molecular flexibility index (Phi) is 3.74. The molecule has 1 unspecified atom stereocenters. The van der Waals surface area contributed by atoms with Crippen LogP contribution in [0.25, 0.3) is 0 Å². The van der Waals surface area contributed by atoms with E-state index in [4.69, 9.17) is 4.74 Å². The van der Waals surface area contributed by atoms with Gasteiger partial charge in [0.05, 0.1) is 12.7 Å². The van der Waals surface area contributed by atoms with Crippen molar-refractivity contribution in [2.24, 2.45) is 0 Å². The molecule has 0 saturated carbocycles. The van der Waals surface area contributed by atoms with Crippen molar-refractivity contribution in [3.63, 3.8) is 0 Å². The molecule has 0 amide bonds. The van der Waals surface area contributed by atoms with Gasteiger partial charge in [-0.2, -0.15) is 0 Å². The third-order valence-corrected chi connectivity index (χ3v) is 2.74. The van der Waals surface area contributed by atoms with Crippen molar-refractivity contribution in [1.82, 2.24) is 5.32 Å². The van der Waals surface area contributed by atoms with Gasteiger partial charge in [0.1, 0.15) is 5.82 Å². The van der Waals surface area contributed by atoms with E-state index in [9.17, 15) is 4.39 Å². The lowest BCUT2D eigenvalue weighted by Crippen LogP contribution is -2.46. The molecule has 1 N–H and O–H groups in total. The minimum absolute atomic E-state index is 0.182. The largest absolute Gasteiger partial charge is 0.373 e.